The fourth-order valence-electron chi connectivity index (χ4n) is 5.10. The zero-order chi connectivity index (χ0) is 25.3. The highest BCUT2D eigenvalue weighted by Gasteiger charge is 2.49. The summed E-state index contributed by atoms with van der Waals surface area (Å²) >= 11 is 0. The van der Waals surface area contributed by atoms with Crippen LogP contribution in [0, 0.1) is 29.9 Å². The zero-order valence-electron chi connectivity index (χ0n) is 20.5. The SMILES string of the molecule is Cc1cnc(Nc2cnn(C)c2)nc1N1CC(CC#N)(N2CCN(Cc3cccc(F)c3F)CC2)C1. The van der Waals surface area contributed by atoms with Crippen LogP contribution in [0.3, 0.4) is 0 Å². The van der Waals surface area contributed by atoms with Crippen molar-refractivity contribution in [3.63, 3.8) is 0 Å². The number of anilines is 3. The lowest BCUT2D eigenvalue weighted by atomic mass is 9.83. The average Bonchev–Trinajstić information content (AvgIpc) is 3.25. The molecular formula is C25H29F2N9. The van der Waals surface area contributed by atoms with Crippen molar-refractivity contribution in [3.8, 4) is 6.07 Å². The van der Waals surface area contributed by atoms with Gasteiger partial charge in [0.2, 0.25) is 5.95 Å². The molecule has 0 atom stereocenters. The van der Waals surface area contributed by atoms with Crippen molar-refractivity contribution >= 4 is 17.5 Å². The molecule has 0 unspecified atom stereocenters. The first-order chi connectivity index (χ1) is 17.4. The van der Waals surface area contributed by atoms with Crippen LogP contribution in [0.4, 0.5) is 26.2 Å². The molecule has 5 rings (SSSR count). The lowest BCUT2D eigenvalue weighted by Gasteiger charge is -2.57. The van der Waals surface area contributed by atoms with Gasteiger partial charge in [-0.15, -0.1) is 0 Å². The summed E-state index contributed by atoms with van der Waals surface area (Å²) in [6, 6.07) is 6.69. The van der Waals surface area contributed by atoms with E-state index < -0.39 is 11.6 Å². The Morgan fingerprint density at radius 1 is 1.14 bits per heavy atom. The summed E-state index contributed by atoms with van der Waals surface area (Å²) in [5.41, 5.74) is 1.91. The van der Waals surface area contributed by atoms with E-state index in [1.54, 1.807) is 29.2 Å². The van der Waals surface area contributed by atoms with Gasteiger partial charge in [0.25, 0.3) is 0 Å². The van der Waals surface area contributed by atoms with E-state index in [0.717, 1.165) is 49.3 Å². The highest BCUT2D eigenvalue weighted by molar-refractivity contribution is 5.57. The number of benzene rings is 1. The van der Waals surface area contributed by atoms with Crippen LogP contribution in [-0.4, -0.2) is 74.4 Å². The van der Waals surface area contributed by atoms with Crippen molar-refractivity contribution in [1.82, 2.24) is 29.5 Å². The van der Waals surface area contributed by atoms with Crippen molar-refractivity contribution in [2.24, 2.45) is 7.05 Å². The third-order valence-corrected chi connectivity index (χ3v) is 7.05. The molecule has 1 aromatic carbocycles. The second kappa shape index (κ2) is 9.79. The third kappa shape index (κ3) is 4.74. The molecule has 0 aliphatic carbocycles. The number of aromatic nitrogens is 4. The number of aryl methyl sites for hydroxylation is 2. The van der Waals surface area contributed by atoms with Gasteiger partial charge in [-0.25, -0.2) is 13.8 Å². The van der Waals surface area contributed by atoms with Crippen LogP contribution >= 0.6 is 0 Å². The van der Waals surface area contributed by atoms with Crippen LogP contribution in [0.5, 0.6) is 0 Å². The molecule has 0 saturated carbocycles. The Balaban J connectivity index is 1.23. The fourth-order valence-corrected chi connectivity index (χ4v) is 5.10. The van der Waals surface area contributed by atoms with Gasteiger partial charge in [-0.05, 0) is 13.0 Å². The Labute approximate surface area is 209 Å². The Morgan fingerprint density at radius 3 is 2.61 bits per heavy atom. The molecule has 0 amide bonds. The minimum absolute atomic E-state index is 0.251. The molecule has 2 saturated heterocycles. The predicted octanol–water partition coefficient (Wildman–Crippen LogP) is 2.83. The van der Waals surface area contributed by atoms with Gasteiger partial charge in [-0.2, -0.15) is 15.3 Å². The maximum absolute atomic E-state index is 14.1. The number of nitrogens with zero attached hydrogens (tertiary/aromatic N) is 8. The van der Waals surface area contributed by atoms with Crippen LogP contribution in [0.2, 0.25) is 0 Å². The van der Waals surface area contributed by atoms with Crippen LogP contribution < -0.4 is 10.2 Å². The van der Waals surface area contributed by atoms with Crippen LogP contribution in [0.25, 0.3) is 0 Å². The standard InChI is InChI=1S/C25H29F2N9/c1-18-12-29-24(31-20-13-30-33(2)15-20)32-23(18)35-16-25(17-35,6-7-28)36-10-8-34(9-11-36)14-19-4-3-5-21(26)22(19)27/h3-5,12-13,15H,6,8-11,14,16-17H2,1-2H3,(H,29,31,32). The molecule has 0 bridgehead atoms. The highest BCUT2D eigenvalue weighted by atomic mass is 19.2. The first-order valence-corrected chi connectivity index (χ1v) is 12.0. The normalized spacial score (nSPS) is 18.0. The minimum atomic E-state index is -0.813. The monoisotopic (exact) mass is 493 g/mol. The Bertz CT molecular complexity index is 1270. The lowest BCUT2D eigenvalue weighted by molar-refractivity contribution is 0.0127. The number of nitrogens with one attached hydrogen (secondary N) is 1. The molecule has 9 nitrogen and oxygen atoms in total. The first kappa shape index (κ1) is 24.1. The maximum atomic E-state index is 14.1. The predicted molar refractivity (Wildman–Crippen MR) is 132 cm³/mol. The summed E-state index contributed by atoms with van der Waals surface area (Å²) in [6.07, 6.45) is 5.79. The summed E-state index contributed by atoms with van der Waals surface area (Å²) in [5, 5.41) is 16.9. The average molecular weight is 494 g/mol. The van der Waals surface area contributed by atoms with Crippen molar-refractivity contribution in [2.75, 3.05) is 49.5 Å². The smallest absolute Gasteiger partial charge is 0.229 e. The summed E-state index contributed by atoms with van der Waals surface area (Å²) < 4.78 is 29.4. The molecule has 0 spiro atoms. The summed E-state index contributed by atoms with van der Waals surface area (Å²) in [4.78, 5) is 15.8. The Hall–Kier alpha value is -3.62. The lowest BCUT2D eigenvalue weighted by Crippen LogP contribution is -2.72. The molecule has 2 fully saturated rings. The van der Waals surface area contributed by atoms with Gasteiger partial charge in [0, 0.05) is 76.4 Å². The van der Waals surface area contributed by atoms with Crippen molar-refractivity contribution in [3.05, 3.63) is 59.6 Å². The summed E-state index contributed by atoms with van der Waals surface area (Å²) in [5.74, 6) is -0.231. The van der Waals surface area contributed by atoms with Gasteiger partial charge in [0.15, 0.2) is 11.6 Å². The summed E-state index contributed by atoms with van der Waals surface area (Å²) in [6.45, 7) is 6.75. The fraction of sp³-hybridized carbons (Fsp3) is 0.440. The Morgan fingerprint density at radius 2 is 1.92 bits per heavy atom. The first-order valence-electron chi connectivity index (χ1n) is 12.0. The van der Waals surface area contributed by atoms with E-state index >= 15 is 0 Å². The highest BCUT2D eigenvalue weighted by Crippen LogP contribution is 2.36. The second-order valence-corrected chi connectivity index (χ2v) is 9.62. The molecule has 4 heterocycles. The molecule has 0 radical (unpaired) electrons. The van der Waals surface area contributed by atoms with E-state index in [2.05, 4.69) is 36.2 Å². The molecule has 2 aliphatic rings. The van der Waals surface area contributed by atoms with Gasteiger partial charge >= 0.3 is 0 Å². The number of piperazine rings is 1. The van der Waals surface area contributed by atoms with E-state index in [9.17, 15) is 14.0 Å². The van der Waals surface area contributed by atoms with Crippen LogP contribution in [0.1, 0.15) is 17.5 Å². The van der Waals surface area contributed by atoms with Gasteiger partial charge in [-0.3, -0.25) is 14.5 Å². The number of halogens is 2. The topological polar surface area (TPSA) is 89.1 Å². The summed E-state index contributed by atoms with van der Waals surface area (Å²) in [7, 11) is 1.85. The van der Waals surface area contributed by atoms with Gasteiger partial charge in [0.05, 0.1) is 29.9 Å². The van der Waals surface area contributed by atoms with Gasteiger partial charge < -0.3 is 10.2 Å². The van der Waals surface area contributed by atoms with Crippen molar-refractivity contribution in [1.29, 1.82) is 5.26 Å². The van der Waals surface area contributed by atoms with Gasteiger partial charge in [0.1, 0.15) is 5.82 Å². The Kier molecular flexibility index (Phi) is 6.55. The minimum Gasteiger partial charge on any atom is -0.352 e. The maximum Gasteiger partial charge on any atom is 0.229 e. The quantitative estimate of drug-likeness (QED) is 0.538. The van der Waals surface area contributed by atoms with Crippen molar-refractivity contribution in [2.45, 2.75) is 25.4 Å². The zero-order valence-corrected chi connectivity index (χ0v) is 20.5. The molecule has 3 aromatic rings. The van der Waals surface area contributed by atoms with Crippen LogP contribution in [-0.2, 0) is 13.6 Å². The number of hydrogen-bond donors (Lipinski definition) is 1. The molecule has 2 aromatic heterocycles. The van der Waals surface area contributed by atoms with Crippen molar-refractivity contribution < 1.29 is 8.78 Å². The van der Waals surface area contributed by atoms with E-state index in [4.69, 9.17) is 4.98 Å². The second-order valence-electron chi connectivity index (χ2n) is 9.62. The molecule has 11 heteroatoms. The molecule has 2 aliphatic heterocycles. The van der Waals surface area contributed by atoms with Crippen LogP contribution in [0.15, 0.2) is 36.8 Å². The molecule has 1 N–H and O–H groups in total. The number of hydrogen-bond acceptors (Lipinski definition) is 8. The van der Waals surface area contributed by atoms with E-state index in [1.165, 1.54) is 0 Å². The molecular weight excluding hydrogens is 464 g/mol. The largest absolute Gasteiger partial charge is 0.352 e. The number of nitriles is 1. The van der Waals surface area contributed by atoms with Gasteiger partial charge in [-0.1, -0.05) is 12.1 Å². The van der Waals surface area contributed by atoms with E-state index in [1.807, 2.05) is 20.2 Å². The van der Waals surface area contributed by atoms with E-state index in [0.29, 0.717) is 37.6 Å². The number of rotatable bonds is 7. The molecule has 188 valence electrons. The van der Waals surface area contributed by atoms with E-state index in [-0.39, 0.29) is 5.54 Å². The molecule has 36 heavy (non-hydrogen) atoms. The third-order valence-electron chi connectivity index (χ3n) is 7.05.